The Labute approximate surface area is 87.6 Å². The van der Waals surface area contributed by atoms with Crippen molar-refractivity contribution in [2.24, 2.45) is 0 Å². The van der Waals surface area contributed by atoms with Crippen LogP contribution in [0.4, 0.5) is 0 Å². The molecule has 6 heteroatoms. The molecule has 0 bridgehead atoms. The number of hydrogen-bond donors (Lipinski definition) is 0. The number of nitrogens with zero attached hydrogens (tertiary/aromatic N) is 2. The van der Waals surface area contributed by atoms with Crippen molar-refractivity contribution >= 4 is 19.7 Å². The zero-order chi connectivity index (χ0) is 10.8. The van der Waals surface area contributed by atoms with Crippen LogP contribution in [0.1, 0.15) is 13.8 Å². The maximum atomic E-state index is 10.9. The molecular formula is C8H11ClN2O2S. The minimum atomic E-state index is -3.70. The van der Waals surface area contributed by atoms with Crippen LogP contribution >= 0.6 is 10.7 Å². The van der Waals surface area contributed by atoms with Crippen molar-refractivity contribution < 1.29 is 8.42 Å². The van der Waals surface area contributed by atoms with Gasteiger partial charge in [-0.1, -0.05) is 11.6 Å². The van der Waals surface area contributed by atoms with Crippen LogP contribution in [0.15, 0.2) is 29.2 Å². The average molecular weight is 235 g/mol. The Balaban J connectivity index is 2.85. The fraction of sp³-hybridized carbons (Fsp3) is 0.375. The zero-order valence-electron chi connectivity index (χ0n) is 7.94. The van der Waals surface area contributed by atoms with Crippen LogP contribution in [0, 0.1) is 0 Å². The summed E-state index contributed by atoms with van der Waals surface area (Å²) in [5.74, 6) is 0. The van der Waals surface area contributed by atoms with Crippen LogP contribution in [0.25, 0.3) is 0 Å². The van der Waals surface area contributed by atoms with Crippen LogP contribution in [0.2, 0.25) is 0 Å². The first-order valence-corrected chi connectivity index (χ1v) is 6.30. The molecule has 1 aromatic heterocycles. The minimum absolute atomic E-state index is 0.110. The molecule has 0 aliphatic heterocycles. The Bertz CT molecular complexity index is 444. The maximum Gasteiger partial charge on any atom is 0.280 e. The first kappa shape index (κ1) is 11.3. The standard InChI is InChI=1S/C8H11ClN2O2S/c1-7(2)3-4-11-5-8(10-6-11)14(9,12)13/h3,5-6H,4H2,1-2H3. The van der Waals surface area contributed by atoms with E-state index in [1.54, 1.807) is 4.57 Å². The highest BCUT2D eigenvalue weighted by atomic mass is 35.7. The number of halogens is 1. The predicted molar refractivity (Wildman–Crippen MR) is 54.7 cm³/mol. The van der Waals surface area contributed by atoms with E-state index in [1.807, 2.05) is 19.9 Å². The molecular weight excluding hydrogens is 224 g/mol. The monoisotopic (exact) mass is 234 g/mol. The second-order valence-corrected chi connectivity index (χ2v) is 5.64. The van der Waals surface area contributed by atoms with Gasteiger partial charge in [0.15, 0.2) is 5.03 Å². The summed E-state index contributed by atoms with van der Waals surface area (Å²) in [7, 11) is 1.41. The number of imidazole rings is 1. The van der Waals surface area contributed by atoms with Gasteiger partial charge in [-0.15, -0.1) is 0 Å². The highest BCUT2D eigenvalue weighted by Gasteiger charge is 2.12. The molecule has 0 radical (unpaired) electrons. The van der Waals surface area contributed by atoms with E-state index in [2.05, 4.69) is 4.98 Å². The van der Waals surface area contributed by atoms with Crippen LogP contribution in [-0.4, -0.2) is 18.0 Å². The van der Waals surface area contributed by atoms with Gasteiger partial charge in [-0.3, -0.25) is 0 Å². The smallest absolute Gasteiger partial charge is 0.280 e. The molecule has 0 unspecified atom stereocenters. The van der Waals surface area contributed by atoms with Crippen molar-refractivity contribution in [1.29, 1.82) is 0 Å². The lowest BCUT2D eigenvalue weighted by Crippen LogP contribution is -1.92. The first-order valence-electron chi connectivity index (χ1n) is 3.99. The molecule has 0 spiro atoms. The third-order valence-electron chi connectivity index (χ3n) is 1.57. The van der Waals surface area contributed by atoms with Crippen molar-refractivity contribution in [2.75, 3.05) is 0 Å². The Kier molecular flexibility index (Phi) is 3.34. The van der Waals surface area contributed by atoms with Crippen LogP contribution in [-0.2, 0) is 15.6 Å². The fourth-order valence-corrected chi connectivity index (χ4v) is 1.53. The Morgan fingerprint density at radius 1 is 1.64 bits per heavy atom. The molecule has 1 heterocycles. The Morgan fingerprint density at radius 2 is 2.29 bits per heavy atom. The fourth-order valence-electron chi connectivity index (χ4n) is 0.853. The second kappa shape index (κ2) is 4.14. The third-order valence-corrected chi connectivity index (χ3v) is 2.75. The lowest BCUT2D eigenvalue weighted by atomic mass is 10.3. The summed E-state index contributed by atoms with van der Waals surface area (Å²) in [5, 5.41) is -0.110. The van der Waals surface area contributed by atoms with E-state index in [-0.39, 0.29) is 5.03 Å². The summed E-state index contributed by atoms with van der Waals surface area (Å²) in [4.78, 5) is 3.68. The van der Waals surface area contributed by atoms with Crippen LogP contribution in [0.5, 0.6) is 0 Å². The second-order valence-electron chi connectivity index (χ2n) is 3.13. The van der Waals surface area contributed by atoms with E-state index in [0.717, 1.165) is 5.57 Å². The SMILES string of the molecule is CC(C)=CCn1cnc(S(=O)(=O)Cl)c1. The van der Waals surface area contributed by atoms with Gasteiger partial charge in [-0.05, 0) is 13.8 Å². The highest BCUT2D eigenvalue weighted by Crippen LogP contribution is 2.11. The third kappa shape index (κ3) is 3.16. The van der Waals surface area contributed by atoms with Gasteiger partial charge >= 0.3 is 0 Å². The predicted octanol–water partition coefficient (Wildman–Crippen LogP) is 1.78. The maximum absolute atomic E-state index is 10.9. The molecule has 0 atom stereocenters. The number of allylic oxidation sites excluding steroid dienone is 2. The largest absolute Gasteiger partial charge is 0.332 e. The van der Waals surface area contributed by atoms with Gasteiger partial charge in [0.25, 0.3) is 9.05 Å². The Morgan fingerprint density at radius 3 is 2.71 bits per heavy atom. The van der Waals surface area contributed by atoms with E-state index in [4.69, 9.17) is 10.7 Å². The molecule has 14 heavy (non-hydrogen) atoms. The molecule has 0 aliphatic carbocycles. The lowest BCUT2D eigenvalue weighted by Gasteiger charge is -1.95. The lowest BCUT2D eigenvalue weighted by molar-refractivity contribution is 0.606. The van der Waals surface area contributed by atoms with Crippen LogP contribution in [0.3, 0.4) is 0 Å². The van der Waals surface area contributed by atoms with Gasteiger partial charge in [0, 0.05) is 23.4 Å². The summed E-state index contributed by atoms with van der Waals surface area (Å²) in [6, 6.07) is 0. The van der Waals surface area contributed by atoms with Crippen molar-refractivity contribution in [3.8, 4) is 0 Å². The summed E-state index contributed by atoms with van der Waals surface area (Å²) in [6.45, 7) is 4.54. The first-order chi connectivity index (χ1) is 6.39. The van der Waals surface area contributed by atoms with E-state index in [9.17, 15) is 8.42 Å². The molecule has 0 aromatic carbocycles. The van der Waals surface area contributed by atoms with E-state index >= 15 is 0 Å². The highest BCUT2D eigenvalue weighted by molar-refractivity contribution is 8.13. The molecule has 0 aliphatic rings. The Hall–Kier alpha value is -0.810. The quantitative estimate of drug-likeness (QED) is 0.592. The van der Waals surface area contributed by atoms with Gasteiger partial charge in [0.05, 0.1) is 6.33 Å². The molecule has 0 fully saturated rings. The molecule has 0 saturated heterocycles. The molecule has 0 amide bonds. The zero-order valence-corrected chi connectivity index (χ0v) is 9.51. The van der Waals surface area contributed by atoms with Gasteiger partial charge in [0.2, 0.25) is 0 Å². The molecule has 4 nitrogen and oxygen atoms in total. The number of hydrogen-bond acceptors (Lipinski definition) is 3. The van der Waals surface area contributed by atoms with E-state index in [0.29, 0.717) is 6.54 Å². The molecule has 78 valence electrons. The summed E-state index contributed by atoms with van der Waals surface area (Å²) < 4.78 is 23.4. The molecule has 1 aromatic rings. The van der Waals surface area contributed by atoms with Crippen molar-refractivity contribution in [3.05, 3.63) is 24.2 Å². The normalized spacial score (nSPS) is 11.4. The summed E-state index contributed by atoms with van der Waals surface area (Å²) >= 11 is 0. The van der Waals surface area contributed by atoms with Gasteiger partial charge < -0.3 is 4.57 Å². The van der Waals surface area contributed by atoms with E-state index in [1.165, 1.54) is 12.5 Å². The van der Waals surface area contributed by atoms with Gasteiger partial charge in [0.1, 0.15) is 0 Å². The van der Waals surface area contributed by atoms with Crippen LogP contribution < -0.4 is 0 Å². The molecule has 0 N–H and O–H groups in total. The summed E-state index contributed by atoms with van der Waals surface area (Å²) in [5.41, 5.74) is 1.16. The topological polar surface area (TPSA) is 52.0 Å². The number of aromatic nitrogens is 2. The van der Waals surface area contributed by atoms with Gasteiger partial charge in [-0.25, -0.2) is 13.4 Å². The van der Waals surface area contributed by atoms with E-state index < -0.39 is 9.05 Å². The van der Waals surface area contributed by atoms with Crippen molar-refractivity contribution in [2.45, 2.75) is 25.4 Å². The van der Waals surface area contributed by atoms with Crippen molar-refractivity contribution in [3.63, 3.8) is 0 Å². The average Bonchev–Trinajstić information content (AvgIpc) is 2.47. The molecule has 0 saturated carbocycles. The van der Waals surface area contributed by atoms with Crippen molar-refractivity contribution in [1.82, 2.24) is 9.55 Å². The number of rotatable bonds is 3. The van der Waals surface area contributed by atoms with Gasteiger partial charge in [-0.2, -0.15) is 0 Å². The minimum Gasteiger partial charge on any atom is -0.332 e. The molecule has 1 rings (SSSR count). The summed E-state index contributed by atoms with van der Waals surface area (Å²) in [6.07, 6.45) is 4.81.